The lowest BCUT2D eigenvalue weighted by molar-refractivity contribution is 0.265. The van der Waals surface area contributed by atoms with E-state index in [-0.39, 0.29) is 12.6 Å². The van der Waals surface area contributed by atoms with E-state index in [1.165, 1.54) is 11.3 Å². The summed E-state index contributed by atoms with van der Waals surface area (Å²) in [6, 6.07) is 0.0911. The molecule has 5 nitrogen and oxygen atoms in total. The van der Waals surface area contributed by atoms with Crippen molar-refractivity contribution in [1.82, 2.24) is 14.0 Å². The lowest BCUT2D eigenvalue weighted by Gasteiger charge is -2.32. The summed E-state index contributed by atoms with van der Waals surface area (Å²) in [7, 11) is -3.37. The average Bonchev–Trinajstić information content (AvgIpc) is 2.73. The topological polar surface area (TPSA) is 62.3 Å². The fourth-order valence-electron chi connectivity index (χ4n) is 2.17. The van der Waals surface area contributed by atoms with Crippen LogP contribution in [-0.4, -0.2) is 30.3 Å². The van der Waals surface area contributed by atoms with Crippen molar-refractivity contribution in [1.29, 1.82) is 0 Å². The molecule has 0 bridgehead atoms. The molecule has 1 unspecified atom stereocenters. The first-order chi connectivity index (χ1) is 8.49. The molecule has 1 aromatic heterocycles. The molecule has 1 N–H and O–H groups in total. The number of hydrogen-bond acceptors (Lipinski definition) is 4. The predicted molar refractivity (Wildman–Crippen MR) is 72.6 cm³/mol. The van der Waals surface area contributed by atoms with Crippen LogP contribution in [-0.2, 0) is 16.8 Å². The standard InChI is InChI=1S/C11H19N3O2S2/c1-9-5-3-4-6-14(9)18(15,16)12-7-11-8-17-10(2)13-11/h8-9,12H,3-7H2,1-2H3. The lowest BCUT2D eigenvalue weighted by atomic mass is 10.1. The van der Waals surface area contributed by atoms with Gasteiger partial charge in [-0.2, -0.15) is 17.4 Å². The zero-order valence-corrected chi connectivity index (χ0v) is 12.4. The quantitative estimate of drug-likeness (QED) is 0.917. The van der Waals surface area contributed by atoms with E-state index in [2.05, 4.69) is 9.71 Å². The minimum atomic E-state index is -3.37. The summed E-state index contributed by atoms with van der Waals surface area (Å²) in [5.41, 5.74) is 0.783. The van der Waals surface area contributed by atoms with Crippen molar-refractivity contribution in [3.63, 3.8) is 0 Å². The second-order valence-corrected chi connectivity index (χ2v) is 7.41. The number of piperidine rings is 1. The molecule has 1 aliphatic rings. The van der Waals surface area contributed by atoms with E-state index in [4.69, 9.17) is 0 Å². The molecule has 0 saturated carbocycles. The molecule has 0 spiro atoms. The maximum absolute atomic E-state index is 12.2. The van der Waals surface area contributed by atoms with Gasteiger partial charge in [0.1, 0.15) is 0 Å². The van der Waals surface area contributed by atoms with Crippen LogP contribution < -0.4 is 4.72 Å². The number of aryl methyl sites for hydroxylation is 1. The van der Waals surface area contributed by atoms with Gasteiger partial charge in [-0.3, -0.25) is 0 Å². The summed E-state index contributed by atoms with van der Waals surface area (Å²) in [5.74, 6) is 0. The third kappa shape index (κ3) is 3.28. The average molecular weight is 289 g/mol. The van der Waals surface area contributed by atoms with Crippen LogP contribution in [0.15, 0.2) is 5.38 Å². The van der Waals surface area contributed by atoms with Crippen LogP contribution in [0.5, 0.6) is 0 Å². The molecule has 18 heavy (non-hydrogen) atoms. The van der Waals surface area contributed by atoms with Gasteiger partial charge in [0.05, 0.1) is 17.2 Å². The molecular weight excluding hydrogens is 270 g/mol. The Morgan fingerprint density at radius 1 is 1.56 bits per heavy atom. The normalized spacial score (nSPS) is 22.2. The highest BCUT2D eigenvalue weighted by Crippen LogP contribution is 2.19. The van der Waals surface area contributed by atoms with Gasteiger partial charge in [-0.1, -0.05) is 6.42 Å². The van der Waals surface area contributed by atoms with Crippen molar-refractivity contribution in [2.45, 2.75) is 45.7 Å². The molecule has 1 aromatic rings. The van der Waals surface area contributed by atoms with E-state index in [1.54, 1.807) is 4.31 Å². The van der Waals surface area contributed by atoms with Crippen molar-refractivity contribution >= 4 is 21.5 Å². The molecule has 1 atom stereocenters. The van der Waals surface area contributed by atoms with Crippen LogP contribution in [0.1, 0.15) is 36.9 Å². The number of rotatable bonds is 4. The van der Waals surface area contributed by atoms with E-state index in [1.807, 2.05) is 19.2 Å². The van der Waals surface area contributed by atoms with Crippen LogP contribution in [0, 0.1) is 6.92 Å². The first-order valence-electron chi connectivity index (χ1n) is 6.16. The van der Waals surface area contributed by atoms with Gasteiger partial charge in [-0.15, -0.1) is 11.3 Å². The van der Waals surface area contributed by atoms with E-state index in [0.717, 1.165) is 30.0 Å². The summed E-state index contributed by atoms with van der Waals surface area (Å²) >= 11 is 1.53. The minimum Gasteiger partial charge on any atom is -0.245 e. The van der Waals surface area contributed by atoms with Crippen molar-refractivity contribution in [3.8, 4) is 0 Å². The second-order valence-electron chi connectivity index (χ2n) is 4.64. The number of aromatic nitrogens is 1. The van der Waals surface area contributed by atoms with Crippen LogP contribution >= 0.6 is 11.3 Å². The maximum atomic E-state index is 12.2. The van der Waals surface area contributed by atoms with Crippen LogP contribution in [0.25, 0.3) is 0 Å². The Balaban J connectivity index is 1.98. The van der Waals surface area contributed by atoms with Crippen molar-refractivity contribution in [3.05, 3.63) is 16.1 Å². The first kappa shape index (κ1) is 13.9. The fraction of sp³-hybridized carbons (Fsp3) is 0.727. The Morgan fingerprint density at radius 3 is 2.94 bits per heavy atom. The Kier molecular flexibility index (Phi) is 4.37. The van der Waals surface area contributed by atoms with Gasteiger partial charge in [0.2, 0.25) is 0 Å². The lowest BCUT2D eigenvalue weighted by Crippen LogP contribution is -2.47. The number of hydrogen-bond donors (Lipinski definition) is 1. The molecule has 0 radical (unpaired) electrons. The molecule has 1 fully saturated rings. The van der Waals surface area contributed by atoms with Crippen molar-refractivity contribution < 1.29 is 8.42 Å². The Labute approximate surface area is 112 Å². The molecule has 2 rings (SSSR count). The van der Waals surface area contributed by atoms with Gasteiger partial charge in [-0.05, 0) is 26.7 Å². The Morgan fingerprint density at radius 2 is 2.33 bits per heavy atom. The largest absolute Gasteiger partial charge is 0.280 e. The van der Waals surface area contributed by atoms with Gasteiger partial charge in [0.25, 0.3) is 10.2 Å². The van der Waals surface area contributed by atoms with Gasteiger partial charge in [0, 0.05) is 18.0 Å². The van der Waals surface area contributed by atoms with Crippen LogP contribution in [0.2, 0.25) is 0 Å². The smallest absolute Gasteiger partial charge is 0.245 e. The van der Waals surface area contributed by atoms with E-state index >= 15 is 0 Å². The summed E-state index contributed by atoms with van der Waals surface area (Å²) in [5, 5.41) is 2.84. The molecule has 0 aliphatic carbocycles. The molecule has 7 heteroatoms. The highest BCUT2D eigenvalue weighted by Gasteiger charge is 2.29. The number of nitrogens with zero attached hydrogens (tertiary/aromatic N) is 2. The summed E-state index contributed by atoms with van der Waals surface area (Å²) in [6.45, 7) is 4.77. The Bertz CT molecular complexity index is 498. The number of nitrogens with one attached hydrogen (secondary N) is 1. The summed E-state index contributed by atoms with van der Waals surface area (Å²) in [6.07, 6.45) is 3.00. The SMILES string of the molecule is Cc1nc(CNS(=O)(=O)N2CCCCC2C)cs1. The molecule has 2 heterocycles. The molecule has 1 saturated heterocycles. The third-order valence-corrected chi connectivity index (χ3v) is 5.64. The molecule has 1 aliphatic heterocycles. The maximum Gasteiger partial charge on any atom is 0.280 e. The second kappa shape index (κ2) is 5.64. The third-order valence-electron chi connectivity index (χ3n) is 3.15. The van der Waals surface area contributed by atoms with Gasteiger partial charge >= 0.3 is 0 Å². The molecular formula is C11H19N3O2S2. The van der Waals surface area contributed by atoms with Gasteiger partial charge in [-0.25, -0.2) is 4.98 Å². The van der Waals surface area contributed by atoms with Crippen molar-refractivity contribution in [2.24, 2.45) is 0 Å². The predicted octanol–water partition coefficient (Wildman–Crippen LogP) is 1.66. The summed E-state index contributed by atoms with van der Waals surface area (Å²) in [4.78, 5) is 4.25. The van der Waals surface area contributed by atoms with E-state index in [0.29, 0.717) is 6.54 Å². The van der Waals surface area contributed by atoms with E-state index in [9.17, 15) is 8.42 Å². The highest BCUT2D eigenvalue weighted by molar-refractivity contribution is 7.87. The van der Waals surface area contributed by atoms with Gasteiger partial charge < -0.3 is 0 Å². The van der Waals surface area contributed by atoms with Gasteiger partial charge in [0.15, 0.2) is 0 Å². The Hall–Kier alpha value is -0.500. The number of thiazole rings is 1. The monoisotopic (exact) mass is 289 g/mol. The van der Waals surface area contributed by atoms with Crippen molar-refractivity contribution in [2.75, 3.05) is 6.54 Å². The minimum absolute atomic E-state index is 0.0911. The van der Waals surface area contributed by atoms with Crippen LogP contribution in [0.4, 0.5) is 0 Å². The first-order valence-corrected chi connectivity index (χ1v) is 8.48. The fourth-order valence-corrected chi connectivity index (χ4v) is 4.22. The molecule has 0 amide bonds. The molecule has 0 aromatic carbocycles. The van der Waals surface area contributed by atoms with E-state index < -0.39 is 10.2 Å². The molecule has 102 valence electrons. The zero-order chi connectivity index (χ0) is 13.2. The summed E-state index contributed by atoms with van der Waals surface area (Å²) < 4.78 is 28.5. The van der Waals surface area contributed by atoms with Crippen LogP contribution in [0.3, 0.4) is 0 Å². The zero-order valence-electron chi connectivity index (χ0n) is 10.7. The highest BCUT2D eigenvalue weighted by atomic mass is 32.2.